The Balaban J connectivity index is 2.21. The Morgan fingerprint density at radius 3 is 2.50 bits per heavy atom. The third kappa shape index (κ3) is 2.78. The van der Waals surface area contributed by atoms with Crippen molar-refractivity contribution in [2.75, 3.05) is 18.0 Å². The number of hydrogen-bond acceptors (Lipinski definition) is 4. The molecular weight excluding hydrogens is 226 g/mol. The number of hydrogen-bond donors (Lipinski definition) is 2. The van der Waals surface area contributed by atoms with E-state index in [0.717, 1.165) is 31.6 Å². The van der Waals surface area contributed by atoms with Crippen molar-refractivity contribution in [2.24, 2.45) is 11.1 Å². The summed E-state index contributed by atoms with van der Waals surface area (Å²) < 4.78 is 0. The van der Waals surface area contributed by atoms with Gasteiger partial charge in [0.25, 0.3) is 0 Å². The van der Waals surface area contributed by atoms with Crippen LogP contribution in [0.25, 0.3) is 0 Å². The Morgan fingerprint density at radius 2 is 1.94 bits per heavy atom. The maximum Gasteiger partial charge on any atom is 0.226 e. The van der Waals surface area contributed by atoms with E-state index in [1.54, 1.807) is 6.07 Å². The number of nitrogens with zero attached hydrogens (tertiary/aromatic N) is 3. The standard InChI is InChI=1S/C13H21N5/c1-9-8-10(11(14)15)17-12(16-9)18-6-4-13(2,3)5-7-18/h8H,4-7H2,1-3H3,(H3,14,15). The second-order valence-electron chi connectivity index (χ2n) is 5.76. The molecule has 1 fully saturated rings. The first kappa shape index (κ1) is 12.8. The second-order valence-corrected chi connectivity index (χ2v) is 5.76. The van der Waals surface area contributed by atoms with Crippen molar-refractivity contribution in [3.63, 3.8) is 0 Å². The monoisotopic (exact) mass is 247 g/mol. The van der Waals surface area contributed by atoms with Crippen molar-refractivity contribution in [1.82, 2.24) is 9.97 Å². The number of amidine groups is 1. The van der Waals surface area contributed by atoms with Gasteiger partial charge in [0.05, 0.1) is 0 Å². The highest BCUT2D eigenvalue weighted by molar-refractivity contribution is 5.93. The molecule has 0 bridgehead atoms. The molecule has 0 atom stereocenters. The van der Waals surface area contributed by atoms with Gasteiger partial charge in [-0.15, -0.1) is 0 Å². The van der Waals surface area contributed by atoms with Gasteiger partial charge in [-0.1, -0.05) is 13.8 Å². The van der Waals surface area contributed by atoms with E-state index in [4.69, 9.17) is 11.1 Å². The largest absolute Gasteiger partial charge is 0.382 e. The molecule has 0 unspecified atom stereocenters. The highest BCUT2D eigenvalue weighted by Crippen LogP contribution is 2.31. The molecule has 0 radical (unpaired) electrons. The molecule has 98 valence electrons. The maximum atomic E-state index is 7.47. The predicted octanol–water partition coefficient (Wildman–Crippen LogP) is 1.70. The molecule has 18 heavy (non-hydrogen) atoms. The number of aryl methyl sites for hydroxylation is 1. The van der Waals surface area contributed by atoms with E-state index < -0.39 is 0 Å². The summed E-state index contributed by atoms with van der Waals surface area (Å²) in [4.78, 5) is 11.0. The molecule has 0 aromatic carbocycles. The number of anilines is 1. The molecule has 1 aliphatic rings. The second kappa shape index (κ2) is 4.55. The summed E-state index contributed by atoms with van der Waals surface area (Å²) >= 11 is 0. The third-order valence-electron chi connectivity index (χ3n) is 3.52. The first-order valence-electron chi connectivity index (χ1n) is 6.32. The minimum Gasteiger partial charge on any atom is -0.382 e. The van der Waals surface area contributed by atoms with Gasteiger partial charge in [0.2, 0.25) is 5.95 Å². The number of aromatic nitrogens is 2. The zero-order valence-electron chi connectivity index (χ0n) is 11.3. The van der Waals surface area contributed by atoms with Gasteiger partial charge in [-0.25, -0.2) is 9.97 Å². The van der Waals surface area contributed by atoms with Crippen molar-refractivity contribution in [2.45, 2.75) is 33.6 Å². The molecule has 5 heteroatoms. The van der Waals surface area contributed by atoms with Crippen LogP contribution in [0.4, 0.5) is 5.95 Å². The zero-order valence-corrected chi connectivity index (χ0v) is 11.3. The molecule has 1 aromatic heterocycles. The number of nitrogen functional groups attached to an aromatic ring is 1. The van der Waals surface area contributed by atoms with E-state index in [0.29, 0.717) is 17.1 Å². The summed E-state index contributed by atoms with van der Waals surface area (Å²) in [5.74, 6) is 0.704. The van der Waals surface area contributed by atoms with E-state index in [9.17, 15) is 0 Å². The fraction of sp³-hybridized carbons (Fsp3) is 0.615. The molecule has 1 saturated heterocycles. The lowest BCUT2D eigenvalue weighted by atomic mass is 9.83. The van der Waals surface area contributed by atoms with E-state index in [2.05, 4.69) is 28.7 Å². The number of nitrogens with two attached hydrogens (primary N) is 1. The van der Waals surface area contributed by atoms with Crippen LogP contribution in [0.5, 0.6) is 0 Å². The molecular formula is C13H21N5. The quantitative estimate of drug-likeness (QED) is 0.616. The van der Waals surface area contributed by atoms with Crippen molar-refractivity contribution >= 4 is 11.8 Å². The van der Waals surface area contributed by atoms with E-state index >= 15 is 0 Å². The molecule has 1 aliphatic heterocycles. The minimum atomic E-state index is -0.000843. The SMILES string of the molecule is Cc1cc(C(=N)N)nc(N2CCC(C)(C)CC2)n1. The van der Waals surface area contributed by atoms with Crippen molar-refractivity contribution in [3.05, 3.63) is 17.5 Å². The topological polar surface area (TPSA) is 78.9 Å². The van der Waals surface area contributed by atoms with Crippen molar-refractivity contribution < 1.29 is 0 Å². The van der Waals surface area contributed by atoms with Crippen molar-refractivity contribution in [3.8, 4) is 0 Å². The molecule has 5 nitrogen and oxygen atoms in total. The van der Waals surface area contributed by atoms with Crippen LogP contribution >= 0.6 is 0 Å². The van der Waals surface area contributed by atoms with E-state index in [-0.39, 0.29) is 5.84 Å². The summed E-state index contributed by atoms with van der Waals surface area (Å²) in [6, 6.07) is 1.75. The van der Waals surface area contributed by atoms with E-state index in [1.165, 1.54) is 0 Å². The normalized spacial score (nSPS) is 18.7. The summed E-state index contributed by atoms with van der Waals surface area (Å²) in [5, 5.41) is 7.47. The van der Waals surface area contributed by atoms with Gasteiger partial charge in [0.15, 0.2) is 0 Å². The zero-order chi connectivity index (χ0) is 13.3. The van der Waals surface area contributed by atoms with E-state index in [1.807, 2.05) is 6.92 Å². The van der Waals surface area contributed by atoms with Gasteiger partial charge in [-0.2, -0.15) is 0 Å². The van der Waals surface area contributed by atoms with Crippen LogP contribution in [0.1, 0.15) is 38.1 Å². The van der Waals surface area contributed by atoms with Crippen LogP contribution in [-0.4, -0.2) is 28.9 Å². The summed E-state index contributed by atoms with van der Waals surface area (Å²) in [6.45, 7) is 8.43. The van der Waals surface area contributed by atoms with Gasteiger partial charge in [-0.05, 0) is 31.2 Å². The molecule has 0 spiro atoms. The summed E-state index contributed by atoms with van der Waals surface area (Å²) in [7, 11) is 0. The first-order valence-corrected chi connectivity index (χ1v) is 6.32. The predicted molar refractivity (Wildman–Crippen MR) is 73.0 cm³/mol. The molecule has 2 heterocycles. The van der Waals surface area contributed by atoms with Crippen LogP contribution in [0.2, 0.25) is 0 Å². The molecule has 3 N–H and O–H groups in total. The molecule has 0 amide bonds. The molecule has 0 saturated carbocycles. The van der Waals surface area contributed by atoms with Crippen LogP contribution in [0.15, 0.2) is 6.07 Å². The van der Waals surface area contributed by atoms with Crippen LogP contribution < -0.4 is 10.6 Å². The number of nitrogens with one attached hydrogen (secondary N) is 1. The average Bonchev–Trinajstić information content (AvgIpc) is 2.28. The Bertz CT molecular complexity index is 456. The Labute approximate surface area is 108 Å². The Kier molecular flexibility index (Phi) is 3.24. The smallest absolute Gasteiger partial charge is 0.226 e. The Hall–Kier alpha value is -1.65. The van der Waals surface area contributed by atoms with Gasteiger partial charge in [-0.3, -0.25) is 5.41 Å². The highest BCUT2D eigenvalue weighted by Gasteiger charge is 2.26. The van der Waals surface area contributed by atoms with Crippen LogP contribution in [0, 0.1) is 17.7 Å². The lowest BCUT2D eigenvalue weighted by molar-refractivity contribution is 0.278. The van der Waals surface area contributed by atoms with Gasteiger partial charge >= 0.3 is 0 Å². The lowest BCUT2D eigenvalue weighted by Gasteiger charge is -2.37. The minimum absolute atomic E-state index is 0.000843. The fourth-order valence-corrected chi connectivity index (χ4v) is 2.14. The summed E-state index contributed by atoms with van der Waals surface area (Å²) in [5.41, 5.74) is 7.28. The van der Waals surface area contributed by atoms with Gasteiger partial charge < -0.3 is 10.6 Å². The van der Waals surface area contributed by atoms with Crippen molar-refractivity contribution in [1.29, 1.82) is 5.41 Å². The summed E-state index contributed by atoms with van der Waals surface area (Å²) in [6.07, 6.45) is 2.28. The highest BCUT2D eigenvalue weighted by atomic mass is 15.3. The lowest BCUT2D eigenvalue weighted by Crippen LogP contribution is -2.38. The number of rotatable bonds is 2. The van der Waals surface area contributed by atoms with Gasteiger partial charge in [0, 0.05) is 18.8 Å². The fourth-order valence-electron chi connectivity index (χ4n) is 2.14. The molecule has 0 aliphatic carbocycles. The first-order chi connectivity index (χ1) is 8.37. The molecule has 2 rings (SSSR count). The Morgan fingerprint density at radius 1 is 1.33 bits per heavy atom. The average molecular weight is 247 g/mol. The molecule has 1 aromatic rings. The number of piperidine rings is 1. The van der Waals surface area contributed by atoms with Crippen LogP contribution in [-0.2, 0) is 0 Å². The van der Waals surface area contributed by atoms with Crippen LogP contribution in [0.3, 0.4) is 0 Å². The van der Waals surface area contributed by atoms with Gasteiger partial charge in [0.1, 0.15) is 11.5 Å². The maximum absolute atomic E-state index is 7.47. The third-order valence-corrected chi connectivity index (χ3v) is 3.52.